The molecule has 51 heteroatoms. The Morgan fingerprint density at radius 2 is 0.748 bits per heavy atom. The SMILES string of the molecule is Cc1cc(NC(=O)c2sc3ncc(C#N)c4c3c2NC(=O)N4c2c(Cl)ccc3c2OCO3)no1.N#Cc1cnc2sc(C(=O)Nc3cccnc3)c3c2c1N(c1c(Cl)ccc2c1OCO2)C(=O)N3.N#Cc1cnc2sc(C(=O)Nc3ccn[nH]3)c3c2c1N(c1c(Cl)ccc2c1OCO2)C(=O)N3.N#Cc1cnc2sc(C(=O)Nc3ncccn3)c3c2c1N(c1c(Cl)ccc2c1OCO2)C(=O)N3. The van der Waals surface area contributed by atoms with Gasteiger partial charge in [-0.3, -0.25) is 54.2 Å². The Morgan fingerprint density at radius 3 is 1.07 bits per heavy atom. The van der Waals surface area contributed by atoms with Crippen molar-refractivity contribution < 1.29 is 80.8 Å². The molecule has 24 rings (SSSR count). The number of nitriles is 4. The minimum Gasteiger partial charge on any atom is -0.454 e. The van der Waals surface area contributed by atoms with Gasteiger partial charge in [-0.15, -0.1) is 45.3 Å². The monoisotopic (exact) mass is 1950 g/mol. The van der Waals surface area contributed by atoms with Crippen LogP contribution in [0.2, 0.25) is 20.1 Å². The highest BCUT2D eigenvalue weighted by molar-refractivity contribution is 7.23. The fourth-order valence-electron chi connectivity index (χ4n) is 15.3. The first kappa shape index (κ1) is 84.3. The van der Waals surface area contributed by atoms with Crippen molar-refractivity contribution in [1.82, 2.24) is 50.2 Å². The largest absolute Gasteiger partial charge is 0.454 e. The molecule has 12 aromatic heterocycles. The zero-order valence-corrected chi connectivity index (χ0v) is 73.5. The number of anilines is 16. The zero-order valence-electron chi connectivity index (χ0n) is 67.2. The van der Waals surface area contributed by atoms with Gasteiger partial charge in [0, 0.05) is 55.5 Å². The first-order valence-corrected chi connectivity index (χ1v) is 43.5. The van der Waals surface area contributed by atoms with Crippen LogP contribution in [0.15, 0.2) is 139 Å². The second-order valence-corrected chi connectivity index (χ2v) is 34.1. The number of aryl methyl sites for hydroxylation is 1. The number of urea groups is 4. The molecule has 0 unspecified atom stereocenters. The molecule has 662 valence electrons. The van der Waals surface area contributed by atoms with Gasteiger partial charge in [-0.1, -0.05) is 51.6 Å². The Bertz CT molecular complexity index is 7880. The molecule has 9 N–H and O–H groups in total. The van der Waals surface area contributed by atoms with E-state index in [4.69, 9.17) is 88.8 Å². The van der Waals surface area contributed by atoms with Gasteiger partial charge in [-0.05, 0) is 73.7 Å². The van der Waals surface area contributed by atoms with Crippen molar-refractivity contribution in [2.75, 3.05) is 89.3 Å². The molecule has 16 aromatic rings. The minimum absolute atomic E-state index is 0.0304. The van der Waals surface area contributed by atoms with Crippen LogP contribution in [0.25, 0.3) is 40.9 Å². The van der Waals surface area contributed by atoms with Gasteiger partial charge in [0.15, 0.2) is 51.8 Å². The van der Waals surface area contributed by atoms with Crippen LogP contribution in [0.5, 0.6) is 46.0 Å². The molecule has 0 atom stereocenters. The van der Waals surface area contributed by atoms with E-state index in [1.54, 1.807) is 92.0 Å². The molecule has 135 heavy (non-hydrogen) atoms. The molecular formula is C84H42Cl4N26O17S4. The van der Waals surface area contributed by atoms with Crippen LogP contribution in [-0.2, 0) is 0 Å². The Morgan fingerprint density at radius 1 is 0.400 bits per heavy atom. The number of benzene rings is 4. The van der Waals surface area contributed by atoms with Crippen molar-refractivity contribution in [2.24, 2.45) is 0 Å². The van der Waals surface area contributed by atoms with Gasteiger partial charge in [0.05, 0.1) is 127 Å². The summed E-state index contributed by atoms with van der Waals surface area (Å²) >= 11 is 30.2. The highest BCUT2D eigenvalue weighted by Crippen LogP contribution is 2.60. The summed E-state index contributed by atoms with van der Waals surface area (Å²) in [5.74, 6) is 2.07. The Labute approximate surface area is 787 Å². The first-order valence-electron chi connectivity index (χ1n) is 38.7. The predicted molar refractivity (Wildman–Crippen MR) is 490 cm³/mol. The molecule has 0 bridgehead atoms. The molecule has 12 amide bonds. The van der Waals surface area contributed by atoms with E-state index in [1.807, 2.05) is 0 Å². The van der Waals surface area contributed by atoms with Crippen molar-refractivity contribution >= 4 is 272 Å². The highest BCUT2D eigenvalue weighted by Gasteiger charge is 2.45. The third-order valence-corrected chi connectivity index (χ3v) is 26.4. The van der Waals surface area contributed by atoms with E-state index in [2.05, 4.69) is 117 Å². The van der Waals surface area contributed by atoms with Crippen molar-refractivity contribution in [2.45, 2.75) is 6.92 Å². The maximum atomic E-state index is 13.4. The Balaban J connectivity index is 0.000000108. The molecular weight excluding hydrogens is 1920 g/mol. The number of nitrogens with zero attached hydrogens (tertiary/aromatic N) is 17. The number of amides is 12. The summed E-state index contributed by atoms with van der Waals surface area (Å²) in [4.78, 5) is 143. The van der Waals surface area contributed by atoms with Gasteiger partial charge < -0.3 is 79.6 Å². The van der Waals surface area contributed by atoms with Gasteiger partial charge in [-0.2, -0.15) is 26.1 Å². The molecule has 43 nitrogen and oxygen atoms in total. The molecule has 0 radical (unpaired) electrons. The Kier molecular flexibility index (Phi) is 21.1. The van der Waals surface area contributed by atoms with Crippen molar-refractivity contribution in [3.63, 3.8) is 0 Å². The number of ether oxygens (including phenoxy) is 8. The third-order valence-electron chi connectivity index (χ3n) is 20.8. The normalized spacial score (nSPS) is 13.6. The fraction of sp³-hybridized carbons (Fsp3) is 0.0595. The lowest BCUT2D eigenvalue weighted by Gasteiger charge is -2.30. The summed E-state index contributed by atoms with van der Waals surface area (Å²) < 4.78 is 49.0. The molecule has 8 aliphatic heterocycles. The van der Waals surface area contributed by atoms with Gasteiger partial charge in [0.1, 0.15) is 97.4 Å². The molecule has 0 saturated carbocycles. The van der Waals surface area contributed by atoms with E-state index in [0.29, 0.717) is 81.1 Å². The number of aromatic amines is 1. The standard InChI is InChI=1S/C22H11ClN6O4S.C21H10ClN7O4S.C21H11ClN6O5S.C20H10ClN7O4S/c23-12-3-4-13-18(33-9-32-13)17(12)29-16-10(6-24)7-26-21-14(16)15(28-22(29)31)19(34-21)20(30)27-11-2-1-5-25-8-11;22-10-2-3-11-16(33-8-32-11)15(10)29-14-9(6-23)7-26-19-12(14)13(27-21(29)31)17(34-19)18(30)28-20-24-4-1-5-25-20;1-8-4-12(27-33-8)25-19(29)18-14-13-15(9(5-23)6-24-20(13)34-18)28(21(30)26-14)16-10(22)2-3-11-17(16)32-7-31-11;21-9-1-2-10-16(32-7-31-10)15(9)28-14-8(5-22)6-23-19-12(14)13(26-20(28)30)17(33-19)18(29)25-11-3-4-24-27-11/h1-5,7-8H,9H2,(H,27,30)(H,28,31);1-5,7H,8H2,(H,27,31)(H,24,25,28,30);2-4,6H,7H2,1H3,(H,26,30)(H,25,27,29);1-4,6H,7H2,(H,26,30)(H2,24,25,27,29). The number of fused-ring (bicyclic) bond motifs is 4. The summed E-state index contributed by atoms with van der Waals surface area (Å²) in [5.41, 5.74) is 3.88. The second-order valence-electron chi connectivity index (χ2n) is 28.5. The number of rotatable bonds is 12. The van der Waals surface area contributed by atoms with Gasteiger partial charge in [0.25, 0.3) is 23.6 Å². The first-order chi connectivity index (χ1) is 65.6. The van der Waals surface area contributed by atoms with E-state index in [1.165, 1.54) is 69.2 Å². The molecule has 0 saturated heterocycles. The molecule has 4 aromatic carbocycles. The molecule has 0 fully saturated rings. The number of carbonyl (C=O) groups excluding carboxylic acids is 8. The maximum absolute atomic E-state index is 13.4. The number of nitrogens with one attached hydrogen (secondary N) is 9. The van der Waals surface area contributed by atoms with Crippen molar-refractivity contribution in [3.05, 3.63) is 202 Å². The lowest BCUT2D eigenvalue weighted by molar-refractivity contribution is 0.102. The minimum atomic E-state index is -0.634. The molecule has 20 heterocycles. The number of H-pyrrole nitrogens is 1. The van der Waals surface area contributed by atoms with E-state index in [0.717, 1.165) is 45.3 Å². The topological polar surface area (TPSA) is 560 Å². The average molecular weight is 1960 g/mol. The molecule has 0 aliphatic carbocycles. The second kappa shape index (κ2) is 33.8. The number of aromatic nitrogens is 10. The van der Waals surface area contributed by atoms with Crippen LogP contribution in [0, 0.1) is 52.2 Å². The number of pyridine rings is 5. The Hall–Kier alpha value is -17.6. The summed E-state index contributed by atoms with van der Waals surface area (Å²) in [5, 5.41) is 73.8. The number of carbonyl (C=O) groups is 8. The average Bonchev–Trinajstić information content (AvgIpc) is 1.60. The summed E-state index contributed by atoms with van der Waals surface area (Å²) in [6, 6.07) is 26.8. The molecule has 0 spiro atoms. The van der Waals surface area contributed by atoms with Gasteiger partial charge >= 0.3 is 24.1 Å². The number of thiophene rings is 4. The molecule has 8 aliphatic rings. The third kappa shape index (κ3) is 14.3. The van der Waals surface area contributed by atoms with E-state index in [-0.39, 0.29) is 192 Å². The summed E-state index contributed by atoms with van der Waals surface area (Å²) in [6.07, 6.45) is 13.0. The van der Waals surface area contributed by atoms with E-state index < -0.39 is 47.8 Å². The lowest BCUT2D eigenvalue weighted by Crippen LogP contribution is -2.35. The summed E-state index contributed by atoms with van der Waals surface area (Å²) in [6.45, 7) is 1.56. The van der Waals surface area contributed by atoms with Crippen LogP contribution < -0.4 is 100 Å². The van der Waals surface area contributed by atoms with Crippen LogP contribution in [0.1, 0.15) is 66.7 Å². The van der Waals surface area contributed by atoms with Crippen molar-refractivity contribution in [3.8, 4) is 70.3 Å². The van der Waals surface area contributed by atoms with Crippen LogP contribution in [0.4, 0.5) is 111 Å². The maximum Gasteiger partial charge on any atom is 0.331 e. The smallest absolute Gasteiger partial charge is 0.331 e. The number of hydrogen-bond donors (Lipinski definition) is 9. The number of halogens is 4. The quantitative estimate of drug-likeness (QED) is 0.0548. The van der Waals surface area contributed by atoms with Gasteiger partial charge in [0.2, 0.25) is 33.1 Å². The lowest BCUT2D eigenvalue weighted by atomic mass is 10.1. The zero-order chi connectivity index (χ0) is 93.0. The number of hydrogen-bond acceptors (Lipinski definition) is 34. The van der Waals surface area contributed by atoms with Crippen LogP contribution in [0.3, 0.4) is 0 Å². The van der Waals surface area contributed by atoms with E-state index in [9.17, 15) is 59.4 Å². The van der Waals surface area contributed by atoms with Crippen molar-refractivity contribution in [1.29, 1.82) is 21.0 Å². The van der Waals surface area contributed by atoms with Gasteiger partial charge in [-0.25, -0.2) is 49.1 Å². The van der Waals surface area contributed by atoms with Crippen LogP contribution in [-0.4, -0.2) is 125 Å². The fourth-order valence-corrected chi connectivity index (χ4v) is 20.2. The highest BCUT2D eigenvalue weighted by atomic mass is 35.5. The van der Waals surface area contributed by atoms with Crippen LogP contribution >= 0.6 is 91.8 Å². The predicted octanol–water partition coefficient (Wildman–Crippen LogP) is 18.1. The van der Waals surface area contributed by atoms with E-state index >= 15 is 0 Å². The summed E-state index contributed by atoms with van der Waals surface area (Å²) in [7, 11) is 0.